The van der Waals surface area contributed by atoms with Crippen LogP contribution in [0.25, 0.3) is 0 Å². The maximum absolute atomic E-state index is 11.6. The molecule has 0 radical (unpaired) electrons. The monoisotopic (exact) mass is 214 g/mol. The summed E-state index contributed by atoms with van der Waals surface area (Å²) < 4.78 is 5.09. The lowest BCUT2D eigenvalue weighted by atomic mass is 9.96. The van der Waals surface area contributed by atoms with Crippen LogP contribution in [0.2, 0.25) is 0 Å². The minimum Gasteiger partial charge on any atom is -0.460 e. The third kappa shape index (κ3) is 6.26. The SMILES string of the molecule is CCC(CC)C(=O)CC(=O)OC(C)(C)C. The summed E-state index contributed by atoms with van der Waals surface area (Å²) in [6.07, 6.45) is 1.49. The normalized spacial score (nSPS) is 11.6. The maximum Gasteiger partial charge on any atom is 0.313 e. The van der Waals surface area contributed by atoms with Gasteiger partial charge in [-0.15, -0.1) is 0 Å². The summed E-state index contributed by atoms with van der Waals surface area (Å²) in [5, 5.41) is 0. The third-order valence-corrected chi connectivity index (χ3v) is 2.18. The first-order valence-electron chi connectivity index (χ1n) is 5.54. The first-order chi connectivity index (χ1) is 6.80. The van der Waals surface area contributed by atoms with E-state index >= 15 is 0 Å². The second-order valence-electron chi connectivity index (χ2n) is 4.74. The van der Waals surface area contributed by atoms with Gasteiger partial charge in [0.1, 0.15) is 17.8 Å². The van der Waals surface area contributed by atoms with E-state index in [0.717, 1.165) is 12.8 Å². The molecule has 0 aliphatic carbocycles. The van der Waals surface area contributed by atoms with Crippen molar-refractivity contribution in [1.82, 2.24) is 0 Å². The van der Waals surface area contributed by atoms with Crippen LogP contribution in [0.15, 0.2) is 0 Å². The van der Waals surface area contributed by atoms with Crippen LogP contribution < -0.4 is 0 Å². The van der Waals surface area contributed by atoms with Crippen molar-refractivity contribution in [2.75, 3.05) is 0 Å². The topological polar surface area (TPSA) is 43.4 Å². The highest BCUT2D eigenvalue weighted by molar-refractivity contribution is 5.96. The van der Waals surface area contributed by atoms with E-state index in [9.17, 15) is 9.59 Å². The van der Waals surface area contributed by atoms with Crippen LogP contribution in [-0.2, 0) is 14.3 Å². The van der Waals surface area contributed by atoms with Crippen LogP contribution in [0.3, 0.4) is 0 Å². The average molecular weight is 214 g/mol. The highest BCUT2D eigenvalue weighted by atomic mass is 16.6. The summed E-state index contributed by atoms with van der Waals surface area (Å²) in [5.74, 6) is -0.425. The molecule has 0 bridgehead atoms. The Morgan fingerprint density at radius 2 is 1.60 bits per heavy atom. The van der Waals surface area contributed by atoms with E-state index in [1.165, 1.54) is 0 Å². The molecular formula is C12H22O3. The molecule has 0 rings (SSSR count). The van der Waals surface area contributed by atoms with Gasteiger partial charge in [0.15, 0.2) is 0 Å². The van der Waals surface area contributed by atoms with Crippen molar-refractivity contribution in [1.29, 1.82) is 0 Å². The largest absolute Gasteiger partial charge is 0.460 e. The van der Waals surface area contributed by atoms with E-state index < -0.39 is 11.6 Å². The van der Waals surface area contributed by atoms with Crippen molar-refractivity contribution in [3.63, 3.8) is 0 Å². The van der Waals surface area contributed by atoms with Crippen LogP contribution in [0.1, 0.15) is 53.9 Å². The van der Waals surface area contributed by atoms with Crippen molar-refractivity contribution >= 4 is 11.8 Å². The van der Waals surface area contributed by atoms with Gasteiger partial charge in [0.25, 0.3) is 0 Å². The predicted octanol–water partition coefficient (Wildman–Crippen LogP) is 2.72. The highest BCUT2D eigenvalue weighted by Crippen LogP contribution is 2.14. The summed E-state index contributed by atoms with van der Waals surface area (Å²) in [6.45, 7) is 9.31. The fraction of sp³-hybridized carbons (Fsp3) is 0.833. The van der Waals surface area contributed by atoms with Gasteiger partial charge in [0.05, 0.1) is 0 Å². The molecule has 0 aromatic carbocycles. The van der Waals surface area contributed by atoms with Gasteiger partial charge in [-0.1, -0.05) is 13.8 Å². The number of esters is 1. The third-order valence-electron chi connectivity index (χ3n) is 2.18. The fourth-order valence-electron chi connectivity index (χ4n) is 1.41. The van der Waals surface area contributed by atoms with Crippen LogP contribution >= 0.6 is 0 Å². The molecule has 0 atom stereocenters. The molecule has 0 aliphatic rings. The average Bonchev–Trinajstić information content (AvgIpc) is 2.02. The second-order valence-corrected chi connectivity index (χ2v) is 4.74. The van der Waals surface area contributed by atoms with E-state index in [4.69, 9.17) is 4.74 Å². The van der Waals surface area contributed by atoms with E-state index in [0.29, 0.717) is 0 Å². The van der Waals surface area contributed by atoms with Crippen molar-refractivity contribution < 1.29 is 14.3 Å². The Morgan fingerprint density at radius 1 is 1.13 bits per heavy atom. The minimum atomic E-state index is -0.509. The van der Waals surface area contributed by atoms with E-state index in [1.54, 1.807) is 20.8 Å². The van der Waals surface area contributed by atoms with Gasteiger partial charge in [0, 0.05) is 5.92 Å². The Labute approximate surface area is 92.2 Å². The molecule has 0 saturated carbocycles. The van der Waals surface area contributed by atoms with Crippen LogP contribution in [0.5, 0.6) is 0 Å². The van der Waals surface area contributed by atoms with Gasteiger partial charge >= 0.3 is 5.97 Å². The quantitative estimate of drug-likeness (QED) is 0.522. The molecular weight excluding hydrogens is 192 g/mol. The Kier molecular flexibility index (Phi) is 5.55. The first kappa shape index (κ1) is 14.1. The predicted molar refractivity (Wildman–Crippen MR) is 59.5 cm³/mol. The van der Waals surface area contributed by atoms with Gasteiger partial charge in [-0.3, -0.25) is 9.59 Å². The number of Topliss-reactive ketones (excluding diaryl/α,β-unsaturated/α-hetero) is 1. The zero-order valence-corrected chi connectivity index (χ0v) is 10.4. The van der Waals surface area contributed by atoms with Gasteiger partial charge in [-0.25, -0.2) is 0 Å². The molecule has 88 valence electrons. The molecule has 0 unspecified atom stereocenters. The molecule has 0 fully saturated rings. The summed E-state index contributed by atoms with van der Waals surface area (Å²) >= 11 is 0. The second kappa shape index (κ2) is 5.89. The Balaban J connectivity index is 4.13. The number of carbonyl (C=O) groups is 2. The Bertz CT molecular complexity index is 222. The Morgan fingerprint density at radius 3 is 1.93 bits per heavy atom. The van der Waals surface area contributed by atoms with Gasteiger partial charge in [0.2, 0.25) is 0 Å². The van der Waals surface area contributed by atoms with Gasteiger partial charge in [-0.05, 0) is 33.6 Å². The zero-order valence-electron chi connectivity index (χ0n) is 10.4. The van der Waals surface area contributed by atoms with Crippen molar-refractivity contribution in [2.45, 2.75) is 59.5 Å². The van der Waals surface area contributed by atoms with Crippen LogP contribution in [-0.4, -0.2) is 17.4 Å². The molecule has 0 amide bonds. The van der Waals surface area contributed by atoms with Crippen molar-refractivity contribution in [3.8, 4) is 0 Å². The zero-order chi connectivity index (χ0) is 12.1. The number of ketones is 1. The summed E-state index contributed by atoms with van der Waals surface area (Å²) in [7, 11) is 0. The number of rotatable bonds is 5. The Hall–Kier alpha value is -0.860. The smallest absolute Gasteiger partial charge is 0.313 e. The number of hydrogen-bond donors (Lipinski definition) is 0. The summed E-state index contributed by atoms with van der Waals surface area (Å²) in [6, 6.07) is 0. The van der Waals surface area contributed by atoms with Crippen LogP contribution in [0.4, 0.5) is 0 Å². The van der Waals surface area contributed by atoms with E-state index in [-0.39, 0.29) is 18.1 Å². The van der Waals surface area contributed by atoms with E-state index in [2.05, 4.69) is 0 Å². The molecule has 0 aliphatic heterocycles. The molecule has 3 nitrogen and oxygen atoms in total. The molecule has 0 aromatic heterocycles. The summed E-state index contributed by atoms with van der Waals surface area (Å²) in [4.78, 5) is 23.0. The number of carbonyl (C=O) groups excluding carboxylic acids is 2. The highest BCUT2D eigenvalue weighted by Gasteiger charge is 2.22. The molecule has 15 heavy (non-hydrogen) atoms. The minimum absolute atomic E-state index is 0.00230. The van der Waals surface area contributed by atoms with Crippen molar-refractivity contribution in [3.05, 3.63) is 0 Å². The fourth-order valence-corrected chi connectivity index (χ4v) is 1.41. The molecule has 0 N–H and O–H groups in total. The standard InChI is InChI=1S/C12H22O3/c1-6-9(7-2)10(13)8-11(14)15-12(3,4)5/h9H,6-8H2,1-5H3. The molecule has 3 heteroatoms. The lowest BCUT2D eigenvalue weighted by Gasteiger charge is -2.20. The number of hydrogen-bond acceptors (Lipinski definition) is 3. The summed E-state index contributed by atoms with van der Waals surface area (Å²) in [5.41, 5.74) is -0.509. The van der Waals surface area contributed by atoms with E-state index in [1.807, 2.05) is 13.8 Å². The molecule has 0 heterocycles. The molecule has 0 aromatic rings. The van der Waals surface area contributed by atoms with Gasteiger partial charge < -0.3 is 4.74 Å². The van der Waals surface area contributed by atoms with Gasteiger partial charge in [-0.2, -0.15) is 0 Å². The first-order valence-corrected chi connectivity index (χ1v) is 5.54. The lowest BCUT2D eigenvalue weighted by Crippen LogP contribution is -2.27. The number of ether oxygens (including phenoxy) is 1. The van der Waals surface area contributed by atoms with Crippen LogP contribution in [0, 0.1) is 5.92 Å². The van der Waals surface area contributed by atoms with Crippen molar-refractivity contribution in [2.24, 2.45) is 5.92 Å². The lowest BCUT2D eigenvalue weighted by molar-refractivity contribution is -0.156. The molecule has 0 saturated heterocycles. The molecule has 0 spiro atoms. The maximum atomic E-state index is 11.6.